The Bertz CT molecular complexity index is 401. The summed E-state index contributed by atoms with van der Waals surface area (Å²) in [6, 6.07) is 9.50. The summed E-state index contributed by atoms with van der Waals surface area (Å²) in [6.45, 7) is 4.58. The first-order valence-electron chi connectivity index (χ1n) is 8.74. The summed E-state index contributed by atoms with van der Waals surface area (Å²) in [5.41, 5.74) is 1.37. The molecule has 3 atom stereocenters. The molecule has 0 aliphatic heterocycles. The van der Waals surface area contributed by atoms with E-state index in [2.05, 4.69) is 31.3 Å². The monoisotopic (exact) mass is 307 g/mol. The largest absolute Gasteiger partial charge is 0.307 e. The zero-order chi connectivity index (χ0) is 15.1. The molecule has 1 aliphatic carbocycles. The van der Waals surface area contributed by atoms with Crippen LogP contribution in [0.5, 0.6) is 0 Å². The normalized spacial score (nSPS) is 24.5. The molecule has 21 heavy (non-hydrogen) atoms. The van der Waals surface area contributed by atoms with Crippen molar-refractivity contribution < 1.29 is 0 Å². The second-order valence-corrected chi connectivity index (χ2v) is 6.98. The molecule has 1 fully saturated rings. The number of hydrogen-bond acceptors (Lipinski definition) is 1. The molecule has 0 bridgehead atoms. The lowest BCUT2D eigenvalue weighted by molar-refractivity contribution is 0.378. The van der Waals surface area contributed by atoms with E-state index in [0.717, 1.165) is 17.4 Å². The SMILES string of the molecule is CCCC1CCCC(NC(CC)c2ccc(Cl)cc2)CC1. The lowest BCUT2D eigenvalue weighted by atomic mass is 9.95. The minimum absolute atomic E-state index is 0.468. The molecule has 1 aromatic rings. The molecule has 1 saturated carbocycles. The maximum absolute atomic E-state index is 6.00. The zero-order valence-corrected chi connectivity index (χ0v) is 14.3. The van der Waals surface area contributed by atoms with Crippen molar-refractivity contribution in [2.75, 3.05) is 0 Å². The minimum Gasteiger partial charge on any atom is -0.307 e. The van der Waals surface area contributed by atoms with Gasteiger partial charge in [-0.25, -0.2) is 0 Å². The number of halogens is 1. The van der Waals surface area contributed by atoms with Crippen LogP contribution in [0.15, 0.2) is 24.3 Å². The Hall–Kier alpha value is -0.530. The van der Waals surface area contributed by atoms with Crippen molar-refractivity contribution in [2.24, 2.45) is 5.92 Å². The highest BCUT2D eigenvalue weighted by Crippen LogP contribution is 2.29. The third kappa shape index (κ3) is 5.30. The summed E-state index contributed by atoms with van der Waals surface area (Å²) in [4.78, 5) is 0. The Labute approximate surface area is 135 Å². The van der Waals surface area contributed by atoms with Crippen LogP contribution >= 0.6 is 11.6 Å². The average molecular weight is 308 g/mol. The summed E-state index contributed by atoms with van der Waals surface area (Å²) >= 11 is 6.00. The number of nitrogens with one attached hydrogen (secondary N) is 1. The Morgan fingerprint density at radius 3 is 2.52 bits per heavy atom. The summed E-state index contributed by atoms with van der Waals surface area (Å²) < 4.78 is 0. The summed E-state index contributed by atoms with van der Waals surface area (Å²) in [5.74, 6) is 0.970. The van der Waals surface area contributed by atoms with Crippen molar-refractivity contribution in [3.8, 4) is 0 Å². The van der Waals surface area contributed by atoms with Crippen LogP contribution < -0.4 is 5.32 Å². The van der Waals surface area contributed by atoms with Crippen LogP contribution in [-0.4, -0.2) is 6.04 Å². The zero-order valence-electron chi connectivity index (χ0n) is 13.6. The predicted octanol–water partition coefficient (Wildman–Crippen LogP) is 6.13. The molecule has 1 aromatic carbocycles. The summed E-state index contributed by atoms with van der Waals surface area (Å²) in [6.07, 6.45) is 10.8. The van der Waals surface area contributed by atoms with Gasteiger partial charge in [0.25, 0.3) is 0 Å². The maximum Gasteiger partial charge on any atom is 0.0406 e. The van der Waals surface area contributed by atoms with Crippen molar-refractivity contribution in [1.29, 1.82) is 0 Å². The number of benzene rings is 1. The minimum atomic E-state index is 0.468. The van der Waals surface area contributed by atoms with Crippen LogP contribution in [0, 0.1) is 5.92 Å². The van der Waals surface area contributed by atoms with Gasteiger partial charge < -0.3 is 5.32 Å². The molecule has 3 unspecified atom stereocenters. The smallest absolute Gasteiger partial charge is 0.0406 e. The first-order valence-corrected chi connectivity index (χ1v) is 9.12. The quantitative estimate of drug-likeness (QED) is 0.623. The van der Waals surface area contributed by atoms with Gasteiger partial charge in [0.15, 0.2) is 0 Å². The van der Waals surface area contributed by atoms with Crippen molar-refractivity contribution in [1.82, 2.24) is 5.32 Å². The molecule has 2 rings (SSSR count). The van der Waals surface area contributed by atoms with E-state index in [0.29, 0.717) is 12.1 Å². The highest BCUT2D eigenvalue weighted by atomic mass is 35.5. The molecule has 0 amide bonds. The van der Waals surface area contributed by atoms with Gasteiger partial charge in [-0.3, -0.25) is 0 Å². The highest BCUT2D eigenvalue weighted by Gasteiger charge is 2.20. The summed E-state index contributed by atoms with van der Waals surface area (Å²) in [7, 11) is 0. The van der Waals surface area contributed by atoms with Crippen molar-refractivity contribution in [3.05, 3.63) is 34.9 Å². The standard InChI is InChI=1S/C19H30ClN/c1-3-6-15-7-5-8-18(14-9-15)21-19(4-2)16-10-12-17(20)13-11-16/h10-13,15,18-19,21H,3-9,14H2,1-2H3. The van der Waals surface area contributed by atoms with Gasteiger partial charge in [-0.15, -0.1) is 0 Å². The van der Waals surface area contributed by atoms with Gasteiger partial charge in [0.1, 0.15) is 0 Å². The molecular formula is C19H30ClN. The van der Waals surface area contributed by atoms with E-state index < -0.39 is 0 Å². The van der Waals surface area contributed by atoms with Gasteiger partial charge in [-0.1, -0.05) is 63.3 Å². The maximum atomic E-state index is 6.00. The van der Waals surface area contributed by atoms with Crippen LogP contribution in [0.2, 0.25) is 5.02 Å². The average Bonchev–Trinajstić information content (AvgIpc) is 2.72. The van der Waals surface area contributed by atoms with Gasteiger partial charge in [-0.2, -0.15) is 0 Å². The van der Waals surface area contributed by atoms with Crippen LogP contribution in [0.3, 0.4) is 0 Å². The lowest BCUT2D eigenvalue weighted by Crippen LogP contribution is -2.32. The molecule has 1 aliphatic rings. The van der Waals surface area contributed by atoms with Crippen LogP contribution in [0.1, 0.15) is 76.8 Å². The molecule has 1 nitrogen and oxygen atoms in total. The van der Waals surface area contributed by atoms with E-state index >= 15 is 0 Å². The molecular weight excluding hydrogens is 278 g/mol. The number of rotatable bonds is 6. The lowest BCUT2D eigenvalue weighted by Gasteiger charge is -2.25. The van der Waals surface area contributed by atoms with E-state index in [1.807, 2.05) is 12.1 Å². The van der Waals surface area contributed by atoms with Gasteiger partial charge in [-0.05, 0) is 49.3 Å². The topological polar surface area (TPSA) is 12.0 Å². The fourth-order valence-electron chi connectivity index (χ4n) is 3.67. The van der Waals surface area contributed by atoms with Crippen LogP contribution in [0.4, 0.5) is 0 Å². The Morgan fingerprint density at radius 1 is 1.10 bits per heavy atom. The fourth-order valence-corrected chi connectivity index (χ4v) is 3.80. The van der Waals surface area contributed by atoms with Crippen molar-refractivity contribution in [3.63, 3.8) is 0 Å². The molecule has 0 spiro atoms. The van der Waals surface area contributed by atoms with Crippen LogP contribution in [0.25, 0.3) is 0 Å². The van der Waals surface area contributed by atoms with E-state index in [1.54, 1.807) is 0 Å². The predicted molar refractivity (Wildman–Crippen MR) is 92.9 cm³/mol. The highest BCUT2D eigenvalue weighted by molar-refractivity contribution is 6.30. The molecule has 0 saturated heterocycles. The van der Waals surface area contributed by atoms with Crippen molar-refractivity contribution in [2.45, 2.75) is 77.3 Å². The molecule has 0 heterocycles. The molecule has 2 heteroatoms. The van der Waals surface area contributed by atoms with E-state index in [4.69, 9.17) is 11.6 Å². The van der Waals surface area contributed by atoms with Gasteiger partial charge in [0, 0.05) is 17.1 Å². The fraction of sp³-hybridized carbons (Fsp3) is 0.684. The van der Waals surface area contributed by atoms with E-state index in [1.165, 1.54) is 50.5 Å². The molecule has 0 aromatic heterocycles. The van der Waals surface area contributed by atoms with E-state index in [9.17, 15) is 0 Å². The summed E-state index contributed by atoms with van der Waals surface area (Å²) in [5, 5.41) is 4.73. The molecule has 0 radical (unpaired) electrons. The van der Waals surface area contributed by atoms with E-state index in [-0.39, 0.29) is 0 Å². The second-order valence-electron chi connectivity index (χ2n) is 6.54. The third-order valence-corrected chi connectivity index (χ3v) is 5.15. The first kappa shape index (κ1) is 16.8. The number of hydrogen-bond donors (Lipinski definition) is 1. The van der Waals surface area contributed by atoms with Gasteiger partial charge in [0.05, 0.1) is 0 Å². The van der Waals surface area contributed by atoms with Crippen molar-refractivity contribution >= 4 is 11.6 Å². The second kappa shape index (κ2) is 8.80. The van der Waals surface area contributed by atoms with Crippen LogP contribution in [-0.2, 0) is 0 Å². The molecule has 1 N–H and O–H groups in total. The first-order chi connectivity index (χ1) is 10.2. The Kier molecular flexibility index (Phi) is 7.06. The van der Waals surface area contributed by atoms with Gasteiger partial charge >= 0.3 is 0 Å². The Morgan fingerprint density at radius 2 is 1.86 bits per heavy atom. The van der Waals surface area contributed by atoms with Gasteiger partial charge in [0.2, 0.25) is 0 Å². The third-order valence-electron chi connectivity index (χ3n) is 4.90. The molecule has 118 valence electrons. The Balaban J connectivity index is 1.91.